The van der Waals surface area contributed by atoms with E-state index in [0.717, 1.165) is 40.0 Å². The number of carbonyl (C=O) groups excluding carboxylic acids is 1. The summed E-state index contributed by atoms with van der Waals surface area (Å²) in [5.74, 6) is 0.347. The second-order valence-corrected chi connectivity index (χ2v) is 6.54. The highest BCUT2D eigenvalue weighted by Crippen LogP contribution is 2.29. The van der Waals surface area contributed by atoms with Gasteiger partial charge in [-0.1, -0.05) is 25.4 Å². The van der Waals surface area contributed by atoms with Crippen molar-refractivity contribution in [3.05, 3.63) is 34.5 Å². The molecule has 2 heterocycles. The fourth-order valence-electron chi connectivity index (χ4n) is 2.85. The summed E-state index contributed by atoms with van der Waals surface area (Å²) in [6, 6.07) is 6.10. The number of hydrogen-bond acceptors (Lipinski definition) is 2. The Hall–Kier alpha value is -1.52. The third-order valence-electron chi connectivity index (χ3n) is 4.09. The SMILES string of the molecule is CC(C)c1cc2[nH]c(CNC(=O)C3CCCO3)cc2cc1Cl. The fraction of sp³-hybridized carbons (Fsp3) is 0.471. The first-order chi connectivity index (χ1) is 10.5. The topological polar surface area (TPSA) is 54.1 Å². The molecule has 5 heteroatoms. The Morgan fingerprint density at radius 3 is 2.95 bits per heavy atom. The first kappa shape index (κ1) is 15.4. The van der Waals surface area contributed by atoms with Crippen molar-refractivity contribution in [3.8, 4) is 0 Å². The number of halogens is 1. The van der Waals surface area contributed by atoms with Crippen LogP contribution in [0.15, 0.2) is 18.2 Å². The highest BCUT2D eigenvalue weighted by atomic mass is 35.5. The molecular weight excluding hydrogens is 300 g/mol. The summed E-state index contributed by atoms with van der Waals surface area (Å²) in [4.78, 5) is 15.3. The Kier molecular flexibility index (Phi) is 4.41. The molecule has 22 heavy (non-hydrogen) atoms. The number of aromatic nitrogens is 1. The van der Waals surface area contributed by atoms with Crippen molar-refractivity contribution >= 4 is 28.4 Å². The van der Waals surface area contributed by atoms with E-state index in [1.165, 1.54) is 0 Å². The number of H-pyrrole nitrogens is 1. The third kappa shape index (κ3) is 3.13. The summed E-state index contributed by atoms with van der Waals surface area (Å²) in [5, 5.41) is 4.78. The van der Waals surface area contributed by atoms with Crippen molar-refractivity contribution in [3.63, 3.8) is 0 Å². The molecule has 1 aromatic heterocycles. The van der Waals surface area contributed by atoms with E-state index in [-0.39, 0.29) is 12.0 Å². The number of ether oxygens (including phenoxy) is 1. The number of benzene rings is 1. The number of rotatable bonds is 4. The third-order valence-corrected chi connectivity index (χ3v) is 4.42. The molecule has 1 saturated heterocycles. The molecule has 1 aliphatic heterocycles. The van der Waals surface area contributed by atoms with Crippen LogP contribution in [0, 0.1) is 0 Å². The molecule has 1 aliphatic rings. The zero-order valence-corrected chi connectivity index (χ0v) is 13.7. The molecule has 0 saturated carbocycles. The van der Waals surface area contributed by atoms with Gasteiger partial charge in [0.25, 0.3) is 0 Å². The molecular formula is C17H21ClN2O2. The molecule has 0 radical (unpaired) electrons. The molecule has 2 N–H and O–H groups in total. The Morgan fingerprint density at radius 1 is 1.45 bits per heavy atom. The average molecular weight is 321 g/mol. The van der Waals surface area contributed by atoms with E-state index in [1.54, 1.807) is 0 Å². The predicted octanol–water partition coefficient (Wildman–Crippen LogP) is 3.74. The molecule has 118 valence electrons. The number of carbonyl (C=O) groups is 1. The second kappa shape index (κ2) is 6.31. The molecule has 0 bridgehead atoms. The van der Waals surface area contributed by atoms with E-state index in [4.69, 9.17) is 16.3 Å². The van der Waals surface area contributed by atoms with Crippen LogP contribution in [0.25, 0.3) is 10.9 Å². The van der Waals surface area contributed by atoms with E-state index in [1.807, 2.05) is 12.1 Å². The molecule has 0 spiro atoms. The van der Waals surface area contributed by atoms with Crippen LogP contribution in [0.5, 0.6) is 0 Å². The average Bonchev–Trinajstić information content (AvgIpc) is 3.12. The van der Waals surface area contributed by atoms with Crippen molar-refractivity contribution in [2.45, 2.75) is 45.3 Å². The number of nitrogens with one attached hydrogen (secondary N) is 2. The van der Waals surface area contributed by atoms with Gasteiger partial charge in [-0.05, 0) is 42.5 Å². The van der Waals surface area contributed by atoms with Gasteiger partial charge in [0.1, 0.15) is 6.10 Å². The normalized spacial score (nSPS) is 18.3. The Labute approximate surface area is 135 Å². The van der Waals surface area contributed by atoms with Gasteiger partial charge in [0, 0.05) is 28.2 Å². The van der Waals surface area contributed by atoms with Crippen LogP contribution < -0.4 is 5.32 Å². The zero-order valence-electron chi connectivity index (χ0n) is 12.9. The zero-order chi connectivity index (χ0) is 15.7. The van der Waals surface area contributed by atoms with Crippen LogP contribution in [0.2, 0.25) is 5.02 Å². The maximum absolute atomic E-state index is 12.0. The summed E-state index contributed by atoms with van der Waals surface area (Å²) in [7, 11) is 0. The smallest absolute Gasteiger partial charge is 0.249 e. The second-order valence-electron chi connectivity index (χ2n) is 6.13. The van der Waals surface area contributed by atoms with Gasteiger partial charge in [-0.25, -0.2) is 0 Å². The minimum Gasteiger partial charge on any atom is -0.368 e. The molecule has 1 aromatic carbocycles. The maximum atomic E-state index is 12.0. The quantitative estimate of drug-likeness (QED) is 0.901. The monoisotopic (exact) mass is 320 g/mol. The largest absolute Gasteiger partial charge is 0.368 e. The summed E-state index contributed by atoms with van der Waals surface area (Å²) in [6.45, 7) is 5.40. The number of amides is 1. The van der Waals surface area contributed by atoms with Crippen LogP contribution in [-0.4, -0.2) is 23.6 Å². The van der Waals surface area contributed by atoms with Gasteiger partial charge < -0.3 is 15.0 Å². The first-order valence-electron chi connectivity index (χ1n) is 7.75. The van der Waals surface area contributed by atoms with Gasteiger partial charge in [-0.2, -0.15) is 0 Å². The van der Waals surface area contributed by atoms with E-state index in [0.29, 0.717) is 19.1 Å². The van der Waals surface area contributed by atoms with Gasteiger partial charge in [0.2, 0.25) is 5.91 Å². The molecule has 3 rings (SSSR count). The molecule has 2 aromatic rings. The van der Waals surface area contributed by atoms with E-state index in [9.17, 15) is 4.79 Å². The van der Waals surface area contributed by atoms with Crippen molar-refractivity contribution in [1.82, 2.24) is 10.3 Å². The lowest BCUT2D eigenvalue weighted by atomic mass is 10.0. The van der Waals surface area contributed by atoms with Gasteiger partial charge >= 0.3 is 0 Å². The number of hydrogen-bond donors (Lipinski definition) is 2. The van der Waals surface area contributed by atoms with Crippen molar-refractivity contribution in [1.29, 1.82) is 0 Å². The van der Waals surface area contributed by atoms with Gasteiger partial charge in [0.05, 0.1) is 6.54 Å². The molecule has 0 aliphatic carbocycles. The lowest BCUT2D eigenvalue weighted by Gasteiger charge is -2.09. The van der Waals surface area contributed by atoms with Gasteiger partial charge in [-0.3, -0.25) is 4.79 Å². The van der Waals surface area contributed by atoms with E-state index < -0.39 is 0 Å². The molecule has 1 atom stereocenters. The highest BCUT2D eigenvalue weighted by molar-refractivity contribution is 6.32. The lowest BCUT2D eigenvalue weighted by Crippen LogP contribution is -2.33. The Bertz CT molecular complexity index is 687. The van der Waals surface area contributed by atoms with E-state index >= 15 is 0 Å². The van der Waals surface area contributed by atoms with E-state index in [2.05, 4.69) is 30.2 Å². The predicted molar refractivity (Wildman–Crippen MR) is 88.2 cm³/mol. The molecule has 1 amide bonds. The fourth-order valence-corrected chi connectivity index (χ4v) is 3.24. The van der Waals surface area contributed by atoms with Crippen molar-refractivity contribution < 1.29 is 9.53 Å². The molecule has 1 unspecified atom stereocenters. The van der Waals surface area contributed by atoms with Gasteiger partial charge in [-0.15, -0.1) is 0 Å². The Balaban J connectivity index is 1.73. The number of aromatic amines is 1. The summed E-state index contributed by atoms with van der Waals surface area (Å²) in [5.41, 5.74) is 3.15. The minimum absolute atomic E-state index is 0.0305. The van der Waals surface area contributed by atoms with Crippen molar-refractivity contribution in [2.75, 3.05) is 6.61 Å². The van der Waals surface area contributed by atoms with Crippen LogP contribution in [0.3, 0.4) is 0 Å². The first-order valence-corrected chi connectivity index (χ1v) is 8.12. The standard InChI is InChI=1S/C17H21ClN2O2/c1-10(2)13-8-15-11(7-14(13)18)6-12(20-15)9-19-17(21)16-4-3-5-22-16/h6-8,10,16,20H,3-5,9H2,1-2H3,(H,19,21). The van der Waals surface area contributed by atoms with Crippen molar-refractivity contribution in [2.24, 2.45) is 0 Å². The van der Waals surface area contributed by atoms with Crippen LogP contribution in [0.4, 0.5) is 0 Å². The summed E-state index contributed by atoms with van der Waals surface area (Å²) >= 11 is 6.32. The summed E-state index contributed by atoms with van der Waals surface area (Å²) in [6.07, 6.45) is 1.48. The highest BCUT2D eigenvalue weighted by Gasteiger charge is 2.23. The Morgan fingerprint density at radius 2 is 2.27 bits per heavy atom. The van der Waals surface area contributed by atoms with Crippen LogP contribution in [-0.2, 0) is 16.1 Å². The van der Waals surface area contributed by atoms with Crippen LogP contribution in [0.1, 0.15) is 43.9 Å². The van der Waals surface area contributed by atoms with Crippen LogP contribution >= 0.6 is 11.6 Å². The number of fused-ring (bicyclic) bond motifs is 1. The minimum atomic E-state index is -0.286. The molecule has 1 fully saturated rings. The molecule has 4 nitrogen and oxygen atoms in total. The van der Waals surface area contributed by atoms with Gasteiger partial charge in [0.15, 0.2) is 0 Å². The summed E-state index contributed by atoms with van der Waals surface area (Å²) < 4.78 is 5.38. The maximum Gasteiger partial charge on any atom is 0.249 e. The lowest BCUT2D eigenvalue weighted by molar-refractivity contribution is -0.130.